The third-order valence-corrected chi connectivity index (χ3v) is 11.0. The summed E-state index contributed by atoms with van der Waals surface area (Å²) in [5.41, 5.74) is 4.19. The van der Waals surface area contributed by atoms with Gasteiger partial charge in [0.25, 0.3) is 5.91 Å². The van der Waals surface area contributed by atoms with E-state index in [0.29, 0.717) is 24.0 Å². The third kappa shape index (κ3) is 5.54. The first kappa shape index (κ1) is 27.3. The van der Waals surface area contributed by atoms with Crippen molar-refractivity contribution < 1.29 is 14.6 Å². The molecule has 2 aliphatic carbocycles. The van der Waals surface area contributed by atoms with Crippen LogP contribution < -0.4 is 14.4 Å². The quantitative estimate of drug-likeness (QED) is 0.337. The monoisotopic (exact) mass is 568 g/mol. The molecular weight excluding hydrogens is 528 g/mol. The zero-order chi connectivity index (χ0) is 27.2. The molecule has 2 N–H and O–H groups in total. The minimum atomic E-state index is -0.243. The molecule has 1 fully saturated rings. The average molecular weight is 569 g/mol. The van der Waals surface area contributed by atoms with E-state index in [2.05, 4.69) is 35.6 Å². The van der Waals surface area contributed by atoms with Crippen LogP contribution in [0.4, 0.5) is 5.69 Å². The number of ether oxygens (including phenoxy) is 1. The van der Waals surface area contributed by atoms with Gasteiger partial charge in [0.2, 0.25) is 0 Å². The number of halogens is 1. The molecule has 2 heterocycles. The van der Waals surface area contributed by atoms with Gasteiger partial charge in [0.1, 0.15) is 5.75 Å². The molecule has 0 saturated heterocycles. The molecule has 0 unspecified atom stereocenters. The summed E-state index contributed by atoms with van der Waals surface area (Å²) in [5.74, 6) is 1.56. The number of benzene rings is 2. The number of carbonyl (C=O) groups excluding carboxylic acids is 1. The lowest BCUT2D eigenvalue weighted by Gasteiger charge is -2.45. The van der Waals surface area contributed by atoms with Crippen LogP contribution >= 0.6 is 23.5 Å². The number of nitrogens with zero attached hydrogens (tertiary/aromatic N) is 1. The molecule has 7 heteroatoms. The fourth-order valence-electron chi connectivity index (χ4n) is 7.28. The van der Waals surface area contributed by atoms with Crippen LogP contribution in [0.5, 0.6) is 5.75 Å². The van der Waals surface area contributed by atoms with Crippen molar-refractivity contribution in [2.45, 2.75) is 87.9 Å². The summed E-state index contributed by atoms with van der Waals surface area (Å²) in [5, 5.41) is 12.0. The molecule has 2 aromatic rings. The van der Waals surface area contributed by atoms with Crippen molar-refractivity contribution in [3.05, 3.63) is 58.1 Å². The van der Waals surface area contributed by atoms with Crippen LogP contribution in [0.3, 0.4) is 0 Å². The molecular formula is C32H41ClN2O3S. The average Bonchev–Trinajstić information content (AvgIpc) is 3.04. The van der Waals surface area contributed by atoms with E-state index in [1.54, 1.807) is 0 Å². The van der Waals surface area contributed by atoms with Crippen molar-refractivity contribution in [1.29, 1.82) is 0 Å². The maximum Gasteiger partial charge on any atom is 0.261 e. The molecule has 6 rings (SSSR count). The number of hydrogen-bond donors (Lipinski definition) is 2. The number of hydrogen-bond acceptors (Lipinski definition) is 5. The number of aliphatic hydroxyl groups is 1. The van der Waals surface area contributed by atoms with Gasteiger partial charge in [-0.25, -0.2) is 0 Å². The summed E-state index contributed by atoms with van der Waals surface area (Å²) in [4.78, 5) is 15.8. The van der Waals surface area contributed by atoms with Crippen LogP contribution in [0.1, 0.15) is 86.7 Å². The van der Waals surface area contributed by atoms with Crippen molar-refractivity contribution >= 4 is 35.1 Å². The molecule has 4 aliphatic rings. The highest BCUT2D eigenvalue weighted by Crippen LogP contribution is 2.47. The Morgan fingerprint density at radius 2 is 1.95 bits per heavy atom. The van der Waals surface area contributed by atoms with E-state index in [-0.39, 0.29) is 22.2 Å². The summed E-state index contributed by atoms with van der Waals surface area (Å²) >= 11 is 7.91. The Labute approximate surface area is 242 Å². The van der Waals surface area contributed by atoms with Crippen LogP contribution in [0.15, 0.2) is 36.4 Å². The Bertz CT molecular complexity index is 1240. The lowest BCUT2D eigenvalue weighted by molar-refractivity contribution is 0.00896. The molecule has 2 aromatic carbocycles. The third-order valence-electron chi connectivity index (χ3n) is 9.67. The van der Waals surface area contributed by atoms with E-state index < -0.39 is 0 Å². The number of amides is 1. The number of rotatable bonds is 0. The molecule has 0 aromatic heterocycles. The zero-order valence-corrected chi connectivity index (χ0v) is 24.8. The number of aryl methyl sites for hydroxylation is 1. The van der Waals surface area contributed by atoms with Crippen molar-refractivity contribution in [2.75, 3.05) is 24.6 Å². The van der Waals surface area contributed by atoms with E-state index >= 15 is 0 Å². The molecule has 0 radical (unpaired) electrons. The maximum absolute atomic E-state index is 13.3. The van der Waals surface area contributed by atoms with Gasteiger partial charge in [-0.3, -0.25) is 9.52 Å². The van der Waals surface area contributed by atoms with Gasteiger partial charge in [0, 0.05) is 33.8 Å². The van der Waals surface area contributed by atoms with Crippen molar-refractivity contribution in [3.8, 4) is 5.75 Å². The molecule has 2 aliphatic heterocycles. The number of anilines is 1. The first-order chi connectivity index (χ1) is 18.7. The highest BCUT2D eigenvalue weighted by Gasteiger charge is 2.44. The molecule has 1 saturated carbocycles. The number of fused-ring (bicyclic) bond motifs is 4. The first-order valence-corrected chi connectivity index (χ1v) is 15.9. The van der Waals surface area contributed by atoms with Gasteiger partial charge >= 0.3 is 0 Å². The fourth-order valence-corrected chi connectivity index (χ4v) is 8.21. The summed E-state index contributed by atoms with van der Waals surface area (Å²) in [7, 11) is 0. The minimum absolute atomic E-state index is 0.0588. The molecule has 5 nitrogen and oxygen atoms in total. The Morgan fingerprint density at radius 3 is 2.77 bits per heavy atom. The van der Waals surface area contributed by atoms with Gasteiger partial charge in [-0.15, -0.1) is 0 Å². The molecule has 39 heavy (non-hydrogen) atoms. The lowest BCUT2D eigenvalue weighted by Crippen LogP contribution is -2.49. The summed E-state index contributed by atoms with van der Waals surface area (Å²) in [6.45, 7) is 6.68. The highest BCUT2D eigenvalue weighted by molar-refractivity contribution is 7.99. The highest BCUT2D eigenvalue weighted by atomic mass is 35.5. The number of aliphatic hydroxyl groups excluding tert-OH is 1. The second-order valence-corrected chi connectivity index (χ2v) is 14.8. The predicted octanol–water partition coefficient (Wildman–Crippen LogP) is 6.93. The Morgan fingerprint density at radius 1 is 1.08 bits per heavy atom. The van der Waals surface area contributed by atoms with E-state index in [0.717, 1.165) is 87.3 Å². The molecule has 210 valence electrons. The summed E-state index contributed by atoms with van der Waals surface area (Å²) in [6.07, 6.45) is 9.12. The molecule has 2 bridgehead atoms. The van der Waals surface area contributed by atoms with Crippen LogP contribution in [0.2, 0.25) is 5.02 Å². The normalized spacial score (nSPS) is 30.7. The second kappa shape index (κ2) is 10.8. The van der Waals surface area contributed by atoms with Gasteiger partial charge < -0.3 is 14.7 Å². The Hall–Kier alpha value is -1.89. The minimum Gasteiger partial charge on any atom is -0.490 e. The van der Waals surface area contributed by atoms with Gasteiger partial charge in [0.05, 0.1) is 18.4 Å². The molecule has 1 amide bonds. The largest absolute Gasteiger partial charge is 0.490 e. The lowest BCUT2D eigenvalue weighted by atomic mass is 9.68. The Kier molecular flexibility index (Phi) is 7.58. The van der Waals surface area contributed by atoms with Gasteiger partial charge in [0.15, 0.2) is 0 Å². The SMILES string of the molecule is CC1(C)CCCC[C@H](O)[C@@H]2CC[C@H]2CN2C[C@@]3(CCCc4cc(Cl)ccc43)COc3ccc(cc32)C(=O)NS1. The van der Waals surface area contributed by atoms with Gasteiger partial charge in [-0.2, -0.15) is 0 Å². The van der Waals surface area contributed by atoms with E-state index in [1.165, 1.54) is 23.1 Å². The van der Waals surface area contributed by atoms with Crippen molar-refractivity contribution in [1.82, 2.24) is 4.72 Å². The van der Waals surface area contributed by atoms with E-state index in [1.807, 2.05) is 24.3 Å². The fraction of sp³-hybridized carbons (Fsp3) is 0.594. The van der Waals surface area contributed by atoms with Crippen molar-refractivity contribution in [2.24, 2.45) is 11.8 Å². The van der Waals surface area contributed by atoms with E-state index in [9.17, 15) is 9.90 Å². The number of carbonyl (C=O) groups is 1. The predicted molar refractivity (Wildman–Crippen MR) is 160 cm³/mol. The van der Waals surface area contributed by atoms with E-state index in [4.69, 9.17) is 16.3 Å². The zero-order valence-electron chi connectivity index (χ0n) is 23.2. The maximum atomic E-state index is 13.3. The van der Waals surface area contributed by atoms with Crippen LogP contribution in [-0.4, -0.2) is 41.6 Å². The smallest absolute Gasteiger partial charge is 0.261 e. The standard InChI is InChI=1S/C32H41ClN2O3S/c1-31(2)14-4-3-7-28(36)25-11-8-23(25)18-35-19-32(15-5-6-21-16-24(33)10-12-26(21)32)20-38-29-13-9-22(17-27(29)35)30(37)34-39-31/h9-10,12-13,16-17,23,25,28,36H,3-8,11,14-15,18-20H2,1-2H3,(H,34,37)/t23-,25+,28-,32-/m0/s1. The van der Waals surface area contributed by atoms with Crippen LogP contribution in [0.25, 0.3) is 0 Å². The number of nitrogens with one attached hydrogen (secondary N) is 1. The van der Waals surface area contributed by atoms with Crippen LogP contribution in [-0.2, 0) is 11.8 Å². The van der Waals surface area contributed by atoms with Gasteiger partial charge in [-0.05, 0) is 124 Å². The van der Waals surface area contributed by atoms with Crippen molar-refractivity contribution in [3.63, 3.8) is 0 Å². The Balaban J connectivity index is 1.38. The summed E-state index contributed by atoms with van der Waals surface area (Å²) in [6, 6.07) is 12.3. The second-order valence-electron chi connectivity index (χ2n) is 12.9. The summed E-state index contributed by atoms with van der Waals surface area (Å²) < 4.78 is 9.65. The molecule has 1 spiro atoms. The van der Waals surface area contributed by atoms with Gasteiger partial charge in [-0.1, -0.05) is 30.5 Å². The van der Waals surface area contributed by atoms with Crippen LogP contribution in [0, 0.1) is 11.8 Å². The topological polar surface area (TPSA) is 61.8 Å². The first-order valence-electron chi connectivity index (χ1n) is 14.7. The molecule has 4 atom stereocenters.